The molecule has 0 fully saturated rings. The van der Waals surface area contributed by atoms with Gasteiger partial charge in [0, 0.05) is 26.7 Å². The standard InChI is InChI=1S/C9H13BrN2/c1-3-12(4-2)8-5-6-9(10)11-7-8/h5-7H,3-4H2,1-2H3/i1D3,2D3,3D2,4D2. The summed E-state index contributed by atoms with van der Waals surface area (Å²) in [6.07, 6.45) is 0.997. The minimum Gasteiger partial charge on any atom is -0.371 e. The van der Waals surface area contributed by atoms with Crippen LogP contribution in [0.3, 0.4) is 0 Å². The van der Waals surface area contributed by atoms with Gasteiger partial charge in [-0.1, -0.05) is 0 Å². The first kappa shape index (κ1) is 2.71. The maximum Gasteiger partial charge on any atom is 0.106 e. The van der Waals surface area contributed by atoms with E-state index in [0.717, 1.165) is 6.20 Å². The molecule has 1 heterocycles. The zero-order valence-electron chi connectivity index (χ0n) is 16.0. The monoisotopic (exact) mass is 238 g/mol. The summed E-state index contributed by atoms with van der Waals surface area (Å²) in [5.74, 6) is 0. The molecule has 0 aromatic carbocycles. The molecule has 2 nitrogen and oxygen atoms in total. The molecule has 0 spiro atoms. The molecule has 1 aromatic rings. The molecule has 1 rings (SSSR count). The van der Waals surface area contributed by atoms with E-state index in [-0.39, 0.29) is 10.6 Å². The minimum absolute atomic E-state index is 0.0967. The summed E-state index contributed by atoms with van der Waals surface area (Å²) in [6, 6.07) is 2.51. The van der Waals surface area contributed by atoms with Crippen molar-refractivity contribution in [3.63, 3.8) is 0 Å². The van der Waals surface area contributed by atoms with Crippen LogP contribution in [0.5, 0.6) is 0 Å². The summed E-state index contributed by atoms with van der Waals surface area (Å²) in [7, 11) is 0. The Balaban J connectivity index is 3.57. The molecule has 0 N–H and O–H groups in total. The van der Waals surface area contributed by atoms with Crippen LogP contribution in [-0.2, 0) is 0 Å². The second-order valence-corrected chi connectivity index (χ2v) is 2.71. The van der Waals surface area contributed by atoms with Crippen molar-refractivity contribution in [2.45, 2.75) is 13.7 Å². The molecular formula is C9H13BrN2. The molecule has 1 aromatic heterocycles. The SMILES string of the molecule is [2H]C([2H])([2H])C([2H])([2H])N(c1ccc(Br)nc1)C([2H])([2H])C([2H])([2H])[2H]. The van der Waals surface area contributed by atoms with Crippen molar-refractivity contribution in [1.82, 2.24) is 4.98 Å². The highest BCUT2D eigenvalue weighted by Gasteiger charge is 2.00. The van der Waals surface area contributed by atoms with Gasteiger partial charge in [-0.15, -0.1) is 0 Å². The third-order valence-electron chi connectivity index (χ3n) is 1.19. The summed E-state index contributed by atoms with van der Waals surface area (Å²) in [5.41, 5.74) is -0.301. The summed E-state index contributed by atoms with van der Waals surface area (Å²) in [5, 5.41) is 0. The van der Waals surface area contributed by atoms with Gasteiger partial charge in [0.25, 0.3) is 0 Å². The fourth-order valence-electron chi connectivity index (χ4n) is 0.657. The Labute approximate surface area is 95.8 Å². The molecule has 66 valence electrons. The quantitative estimate of drug-likeness (QED) is 0.754. The van der Waals surface area contributed by atoms with Gasteiger partial charge in [-0.05, 0) is 41.8 Å². The number of rotatable bonds is 3. The van der Waals surface area contributed by atoms with Gasteiger partial charge in [-0.3, -0.25) is 0 Å². The van der Waals surface area contributed by atoms with Crippen molar-refractivity contribution >= 4 is 21.6 Å². The second kappa shape index (κ2) is 4.45. The maximum atomic E-state index is 7.76. The Kier molecular flexibility index (Phi) is 1.00. The molecule has 0 radical (unpaired) electrons. The smallest absolute Gasteiger partial charge is 0.106 e. The van der Waals surface area contributed by atoms with E-state index in [1.54, 1.807) is 0 Å². The van der Waals surface area contributed by atoms with E-state index in [4.69, 9.17) is 13.7 Å². The maximum absolute atomic E-state index is 7.76. The molecule has 0 saturated carbocycles. The molecule has 0 bridgehead atoms. The lowest BCUT2D eigenvalue weighted by Gasteiger charge is -2.20. The summed E-state index contributed by atoms with van der Waals surface area (Å²) < 4.78 is 75.1. The third-order valence-corrected chi connectivity index (χ3v) is 1.66. The van der Waals surface area contributed by atoms with Crippen LogP contribution in [0.1, 0.15) is 27.4 Å². The lowest BCUT2D eigenvalue weighted by Crippen LogP contribution is -2.21. The van der Waals surface area contributed by atoms with E-state index in [1.165, 1.54) is 12.1 Å². The first-order valence-electron chi connectivity index (χ1n) is 8.04. The molecule has 0 aliphatic carbocycles. The molecule has 0 saturated heterocycles. The Hall–Kier alpha value is -0.570. The van der Waals surface area contributed by atoms with E-state index in [0.29, 0.717) is 4.60 Å². The third kappa shape index (κ3) is 2.21. The van der Waals surface area contributed by atoms with E-state index < -0.39 is 26.7 Å². The highest BCUT2D eigenvalue weighted by atomic mass is 79.9. The van der Waals surface area contributed by atoms with Crippen molar-refractivity contribution in [2.24, 2.45) is 0 Å². The Morgan fingerprint density at radius 3 is 2.83 bits per heavy atom. The zero-order chi connectivity index (χ0) is 17.6. The van der Waals surface area contributed by atoms with Crippen molar-refractivity contribution in [2.75, 3.05) is 17.9 Å². The number of anilines is 1. The van der Waals surface area contributed by atoms with Crippen LogP contribution in [0.4, 0.5) is 5.69 Å². The van der Waals surface area contributed by atoms with Crippen molar-refractivity contribution < 1.29 is 13.7 Å². The lowest BCUT2D eigenvalue weighted by molar-refractivity contribution is 0.862. The van der Waals surface area contributed by atoms with Gasteiger partial charge in [0.2, 0.25) is 0 Å². The highest BCUT2D eigenvalue weighted by Crippen LogP contribution is 2.14. The van der Waals surface area contributed by atoms with Crippen LogP contribution in [-0.4, -0.2) is 18.0 Å². The molecule has 0 unspecified atom stereocenters. The normalized spacial score (nSPS) is 26.8. The van der Waals surface area contributed by atoms with Crippen molar-refractivity contribution in [1.29, 1.82) is 0 Å². The van der Waals surface area contributed by atoms with Gasteiger partial charge in [-0.25, -0.2) is 4.98 Å². The Bertz CT molecular complexity index is 495. The fraction of sp³-hybridized carbons (Fsp3) is 0.444. The van der Waals surface area contributed by atoms with Gasteiger partial charge in [0.15, 0.2) is 0 Å². The molecule has 0 amide bonds. The van der Waals surface area contributed by atoms with E-state index in [9.17, 15) is 0 Å². The molecule has 12 heavy (non-hydrogen) atoms. The fourth-order valence-corrected chi connectivity index (χ4v) is 0.892. The van der Waals surface area contributed by atoms with Crippen molar-refractivity contribution in [3.8, 4) is 0 Å². The number of hydrogen-bond donors (Lipinski definition) is 0. The largest absolute Gasteiger partial charge is 0.371 e. The molecular weight excluding hydrogens is 216 g/mol. The number of aromatic nitrogens is 1. The van der Waals surface area contributed by atoms with Crippen LogP contribution in [0.15, 0.2) is 22.9 Å². The average Bonchev–Trinajstić information content (AvgIpc) is 2.28. The van der Waals surface area contributed by atoms with Crippen LogP contribution in [0, 0.1) is 0 Å². The van der Waals surface area contributed by atoms with Gasteiger partial charge < -0.3 is 4.90 Å². The summed E-state index contributed by atoms with van der Waals surface area (Å²) in [4.78, 5) is 3.86. The van der Waals surface area contributed by atoms with Crippen LogP contribution < -0.4 is 4.90 Å². The first-order chi connectivity index (χ1) is 9.62. The zero-order valence-corrected chi connectivity index (χ0v) is 7.59. The first-order valence-corrected chi connectivity index (χ1v) is 3.83. The van der Waals surface area contributed by atoms with Gasteiger partial charge in [0.05, 0.1) is 11.9 Å². The Morgan fingerprint density at radius 1 is 1.58 bits per heavy atom. The van der Waals surface area contributed by atoms with Crippen LogP contribution in [0.25, 0.3) is 0 Å². The van der Waals surface area contributed by atoms with Gasteiger partial charge in [-0.2, -0.15) is 0 Å². The van der Waals surface area contributed by atoms with E-state index >= 15 is 0 Å². The predicted octanol–water partition coefficient (Wildman–Crippen LogP) is 2.69. The van der Waals surface area contributed by atoms with E-state index in [1.807, 2.05) is 0 Å². The average molecular weight is 239 g/mol. The number of nitrogens with zero attached hydrogens (tertiary/aromatic N) is 2. The van der Waals surface area contributed by atoms with Crippen molar-refractivity contribution in [3.05, 3.63) is 22.9 Å². The van der Waals surface area contributed by atoms with Crippen LogP contribution in [0.2, 0.25) is 0 Å². The number of pyridine rings is 1. The Morgan fingerprint density at radius 2 is 2.33 bits per heavy atom. The highest BCUT2D eigenvalue weighted by molar-refractivity contribution is 9.10. The van der Waals surface area contributed by atoms with Gasteiger partial charge in [0.1, 0.15) is 4.60 Å². The molecule has 0 aliphatic heterocycles. The molecule has 0 atom stereocenters. The topological polar surface area (TPSA) is 16.1 Å². The molecule has 3 heteroatoms. The summed E-state index contributed by atoms with van der Waals surface area (Å²) in [6.45, 7) is -13.1. The van der Waals surface area contributed by atoms with Gasteiger partial charge >= 0.3 is 0 Å². The lowest BCUT2D eigenvalue weighted by atomic mass is 10.3. The summed E-state index contributed by atoms with van der Waals surface area (Å²) >= 11 is 3.04. The predicted molar refractivity (Wildman–Crippen MR) is 55.5 cm³/mol. The number of hydrogen-bond acceptors (Lipinski definition) is 2. The van der Waals surface area contributed by atoms with E-state index in [2.05, 4.69) is 20.9 Å². The molecule has 0 aliphatic rings. The van der Waals surface area contributed by atoms with Crippen LogP contribution >= 0.6 is 15.9 Å². The minimum atomic E-state index is -3.28. The second-order valence-electron chi connectivity index (χ2n) is 1.90. The number of halogens is 1.